The van der Waals surface area contributed by atoms with Gasteiger partial charge in [-0.2, -0.15) is 0 Å². The van der Waals surface area contributed by atoms with Gasteiger partial charge in [-0.1, -0.05) is 20.8 Å². The first-order chi connectivity index (χ1) is 7.29. The van der Waals surface area contributed by atoms with Crippen molar-refractivity contribution in [3.63, 3.8) is 0 Å². The number of carbonyl (C=O) groups is 1. The van der Waals surface area contributed by atoms with E-state index in [-0.39, 0.29) is 11.3 Å². The molecule has 0 atom stereocenters. The first-order valence-corrected chi connectivity index (χ1v) is 5.26. The van der Waals surface area contributed by atoms with Crippen molar-refractivity contribution in [3.8, 4) is 0 Å². The van der Waals surface area contributed by atoms with Crippen LogP contribution in [-0.2, 0) is 0 Å². The van der Waals surface area contributed by atoms with Crippen LogP contribution in [0.5, 0.6) is 0 Å². The Morgan fingerprint density at radius 2 is 2.06 bits per heavy atom. The van der Waals surface area contributed by atoms with E-state index in [0.29, 0.717) is 17.9 Å². The van der Waals surface area contributed by atoms with Gasteiger partial charge in [-0.3, -0.25) is 4.79 Å². The highest BCUT2D eigenvalue weighted by atomic mass is 16.2. The minimum atomic E-state index is -0.0255. The third-order valence-electron chi connectivity index (χ3n) is 2.09. The van der Waals surface area contributed by atoms with Crippen molar-refractivity contribution in [3.05, 3.63) is 23.9 Å². The van der Waals surface area contributed by atoms with E-state index in [1.807, 2.05) is 0 Å². The number of pyridine rings is 1. The van der Waals surface area contributed by atoms with Gasteiger partial charge in [-0.25, -0.2) is 4.98 Å². The Labute approximate surface area is 96.5 Å². The second kappa shape index (κ2) is 4.51. The summed E-state index contributed by atoms with van der Waals surface area (Å²) in [7, 11) is 1.80. The zero-order chi connectivity index (χ0) is 12.3. The minimum Gasteiger partial charge on any atom is -0.384 e. The Hall–Kier alpha value is -1.58. The SMILES string of the molecule is CN(CC(C)(C)C)C(=O)c1ccc(N)nc1. The van der Waals surface area contributed by atoms with Crippen LogP contribution in [0.3, 0.4) is 0 Å². The molecule has 4 heteroatoms. The van der Waals surface area contributed by atoms with Crippen molar-refractivity contribution in [2.75, 3.05) is 19.3 Å². The first kappa shape index (κ1) is 12.5. The van der Waals surface area contributed by atoms with E-state index in [0.717, 1.165) is 0 Å². The molecule has 0 radical (unpaired) electrons. The average Bonchev–Trinajstić information content (AvgIpc) is 2.15. The standard InChI is InChI=1S/C12H19N3O/c1-12(2,3)8-15(4)11(16)9-5-6-10(13)14-7-9/h5-7H,8H2,1-4H3,(H2,13,14). The fraction of sp³-hybridized carbons (Fsp3) is 0.500. The van der Waals surface area contributed by atoms with E-state index < -0.39 is 0 Å². The number of hydrogen-bond donors (Lipinski definition) is 1. The molecule has 0 spiro atoms. The van der Waals surface area contributed by atoms with E-state index >= 15 is 0 Å². The number of carbonyl (C=O) groups excluding carboxylic acids is 1. The van der Waals surface area contributed by atoms with Gasteiger partial charge in [-0.05, 0) is 17.5 Å². The topological polar surface area (TPSA) is 59.2 Å². The molecule has 4 nitrogen and oxygen atoms in total. The van der Waals surface area contributed by atoms with Crippen LogP contribution in [-0.4, -0.2) is 29.4 Å². The van der Waals surface area contributed by atoms with Crippen LogP contribution >= 0.6 is 0 Å². The van der Waals surface area contributed by atoms with Gasteiger partial charge in [0.1, 0.15) is 5.82 Å². The fourth-order valence-electron chi connectivity index (χ4n) is 1.54. The van der Waals surface area contributed by atoms with Crippen LogP contribution in [0.15, 0.2) is 18.3 Å². The molecule has 0 aliphatic carbocycles. The molecule has 0 fully saturated rings. The predicted molar refractivity (Wildman–Crippen MR) is 65.1 cm³/mol. The lowest BCUT2D eigenvalue weighted by Crippen LogP contribution is -2.34. The number of hydrogen-bond acceptors (Lipinski definition) is 3. The van der Waals surface area contributed by atoms with Crippen molar-refractivity contribution in [1.82, 2.24) is 9.88 Å². The van der Waals surface area contributed by atoms with Gasteiger partial charge in [-0.15, -0.1) is 0 Å². The molecule has 1 heterocycles. The first-order valence-electron chi connectivity index (χ1n) is 5.26. The summed E-state index contributed by atoms with van der Waals surface area (Å²) in [6.07, 6.45) is 1.51. The maximum Gasteiger partial charge on any atom is 0.255 e. The largest absolute Gasteiger partial charge is 0.384 e. The van der Waals surface area contributed by atoms with Gasteiger partial charge < -0.3 is 10.6 Å². The molecule has 2 N–H and O–H groups in total. The predicted octanol–water partition coefficient (Wildman–Crippen LogP) is 1.78. The lowest BCUT2D eigenvalue weighted by atomic mass is 9.96. The minimum absolute atomic E-state index is 0.0255. The highest BCUT2D eigenvalue weighted by molar-refractivity contribution is 5.93. The molecule has 88 valence electrons. The van der Waals surface area contributed by atoms with Crippen molar-refractivity contribution < 1.29 is 4.79 Å². The lowest BCUT2D eigenvalue weighted by Gasteiger charge is -2.26. The van der Waals surface area contributed by atoms with Crippen molar-refractivity contribution in [2.24, 2.45) is 5.41 Å². The molecule has 1 aromatic heterocycles. The lowest BCUT2D eigenvalue weighted by molar-refractivity contribution is 0.0745. The Morgan fingerprint density at radius 3 is 2.50 bits per heavy atom. The van der Waals surface area contributed by atoms with Crippen LogP contribution in [0.25, 0.3) is 0 Å². The second-order valence-corrected chi connectivity index (χ2v) is 5.19. The molecule has 0 aliphatic heterocycles. The quantitative estimate of drug-likeness (QED) is 0.828. The Kier molecular flexibility index (Phi) is 3.52. The van der Waals surface area contributed by atoms with Gasteiger partial charge >= 0.3 is 0 Å². The van der Waals surface area contributed by atoms with Crippen molar-refractivity contribution in [2.45, 2.75) is 20.8 Å². The number of nitrogens with zero attached hydrogens (tertiary/aromatic N) is 2. The van der Waals surface area contributed by atoms with E-state index in [1.54, 1.807) is 24.1 Å². The molecular weight excluding hydrogens is 202 g/mol. The smallest absolute Gasteiger partial charge is 0.255 e. The van der Waals surface area contributed by atoms with Crippen molar-refractivity contribution >= 4 is 11.7 Å². The molecule has 0 saturated heterocycles. The third kappa shape index (κ3) is 3.53. The van der Waals surface area contributed by atoms with Crippen LogP contribution in [0.2, 0.25) is 0 Å². The molecule has 1 rings (SSSR count). The highest BCUT2D eigenvalue weighted by Gasteiger charge is 2.18. The number of rotatable bonds is 2. The number of nitrogen functional groups attached to an aromatic ring is 1. The summed E-state index contributed by atoms with van der Waals surface area (Å²) in [5.41, 5.74) is 6.13. The van der Waals surface area contributed by atoms with Gasteiger partial charge in [0.05, 0.1) is 5.56 Å². The van der Waals surface area contributed by atoms with Crippen molar-refractivity contribution in [1.29, 1.82) is 0 Å². The molecule has 0 aromatic carbocycles. The Morgan fingerprint density at radius 1 is 1.44 bits per heavy atom. The zero-order valence-electron chi connectivity index (χ0n) is 10.3. The third-order valence-corrected chi connectivity index (χ3v) is 2.09. The second-order valence-electron chi connectivity index (χ2n) is 5.19. The van der Waals surface area contributed by atoms with E-state index in [2.05, 4.69) is 25.8 Å². The Balaban J connectivity index is 2.74. The summed E-state index contributed by atoms with van der Waals surface area (Å²) < 4.78 is 0. The maximum absolute atomic E-state index is 12.0. The van der Waals surface area contributed by atoms with Crippen LogP contribution in [0.1, 0.15) is 31.1 Å². The monoisotopic (exact) mass is 221 g/mol. The zero-order valence-corrected chi connectivity index (χ0v) is 10.3. The summed E-state index contributed by atoms with van der Waals surface area (Å²) in [6, 6.07) is 3.34. The van der Waals surface area contributed by atoms with Crippen LogP contribution in [0, 0.1) is 5.41 Å². The molecule has 0 saturated carbocycles. The summed E-state index contributed by atoms with van der Waals surface area (Å²) >= 11 is 0. The summed E-state index contributed by atoms with van der Waals surface area (Å²) in [5.74, 6) is 0.400. The van der Waals surface area contributed by atoms with Gasteiger partial charge in [0.2, 0.25) is 0 Å². The maximum atomic E-state index is 12.0. The van der Waals surface area contributed by atoms with Gasteiger partial charge in [0.25, 0.3) is 5.91 Å². The fourth-order valence-corrected chi connectivity index (χ4v) is 1.54. The molecule has 0 bridgehead atoms. The molecule has 16 heavy (non-hydrogen) atoms. The Bertz CT molecular complexity index is 365. The number of nitrogens with two attached hydrogens (primary N) is 1. The van der Waals surface area contributed by atoms with E-state index in [9.17, 15) is 4.79 Å². The molecular formula is C12H19N3O. The summed E-state index contributed by atoms with van der Waals surface area (Å²) in [5, 5.41) is 0. The number of aromatic nitrogens is 1. The summed E-state index contributed by atoms with van der Waals surface area (Å²) in [6.45, 7) is 6.99. The number of anilines is 1. The average molecular weight is 221 g/mol. The summed E-state index contributed by atoms with van der Waals surface area (Å²) in [4.78, 5) is 17.6. The molecule has 0 unspecified atom stereocenters. The van der Waals surface area contributed by atoms with E-state index in [1.165, 1.54) is 6.20 Å². The van der Waals surface area contributed by atoms with Gasteiger partial charge in [0, 0.05) is 19.8 Å². The normalized spacial score (nSPS) is 11.2. The highest BCUT2D eigenvalue weighted by Crippen LogP contribution is 2.15. The van der Waals surface area contributed by atoms with Crippen LogP contribution in [0.4, 0.5) is 5.82 Å². The number of amides is 1. The molecule has 1 amide bonds. The molecule has 1 aromatic rings. The van der Waals surface area contributed by atoms with Gasteiger partial charge in [0.15, 0.2) is 0 Å². The van der Waals surface area contributed by atoms with E-state index in [4.69, 9.17) is 5.73 Å². The van der Waals surface area contributed by atoms with Crippen LogP contribution < -0.4 is 5.73 Å². The molecule has 0 aliphatic rings.